The van der Waals surface area contributed by atoms with E-state index in [-0.39, 0.29) is 17.8 Å². The van der Waals surface area contributed by atoms with E-state index >= 15 is 0 Å². The lowest BCUT2D eigenvalue weighted by Crippen LogP contribution is -2.09. The molecule has 2 aromatic carbocycles. The van der Waals surface area contributed by atoms with Crippen LogP contribution in [0.1, 0.15) is 5.56 Å². The van der Waals surface area contributed by atoms with Crippen LogP contribution in [0.15, 0.2) is 59.4 Å². The number of fused-ring (bicyclic) bond motifs is 1. The first-order valence-electron chi connectivity index (χ1n) is 6.96. The Morgan fingerprint density at radius 3 is 2.59 bits per heavy atom. The number of hydrogen-bond donors (Lipinski definition) is 1. The fourth-order valence-corrected chi connectivity index (χ4v) is 2.48. The quantitative estimate of drug-likeness (QED) is 0.755. The van der Waals surface area contributed by atoms with Gasteiger partial charge in [-0.25, -0.2) is 0 Å². The molecule has 0 aliphatic carbocycles. The van der Waals surface area contributed by atoms with E-state index in [1.807, 2.05) is 36.4 Å². The van der Waals surface area contributed by atoms with Crippen LogP contribution in [-0.2, 0) is 16.0 Å². The molecule has 1 aromatic heterocycles. The topological polar surface area (TPSA) is 59.2 Å². The van der Waals surface area contributed by atoms with Crippen LogP contribution in [0.25, 0.3) is 22.2 Å². The van der Waals surface area contributed by atoms with Crippen LogP contribution in [0.5, 0.6) is 0 Å². The van der Waals surface area contributed by atoms with Crippen molar-refractivity contribution in [3.8, 4) is 11.3 Å². The molecule has 0 radical (unpaired) electrons. The molecule has 0 aliphatic heterocycles. The molecule has 0 unspecified atom stereocenters. The van der Waals surface area contributed by atoms with E-state index in [1.165, 1.54) is 7.11 Å². The van der Waals surface area contributed by atoms with Gasteiger partial charge in [0.05, 0.1) is 19.0 Å². The molecular formula is C18H15NO3. The molecule has 3 rings (SSSR count). The van der Waals surface area contributed by atoms with Crippen molar-refractivity contribution in [2.24, 2.45) is 0 Å². The summed E-state index contributed by atoms with van der Waals surface area (Å²) < 4.78 is 4.72. The number of nitrogens with one attached hydrogen (secondary N) is 1. The molecule has 0 fully saturated rings. The zero-order chi connectivity index (χ0) is 15.5. The summed E-state index contributed by atoms with van der Waals surface area (Å²) in [7, 11) is 1.35. The number of hydrogen-bond acceptors (Lipinski definition) is 3. The van der Waals surface area contributed by atoms with Gasteiger partial charge in [-0.15, -0.1) is 0 Å². The first-order chi connectivity index (χ1) is 10.7. The van der Waals surface area contributed by atoms with E-state index in [4.69, 9.17) is 4.74 Å². The minimum absolute atomic E-state index is 0.0701. The molecule has 3 aromatic rings. The van der Waals surface area contributed by atoms with Crippen LogP contribution in [0.2, 0.25) is 0 Å². The lowest BCUT2D eigenvalue weighted by molar-refractivity contribution is -0.139. The van der Waals surface area contributed by atoms with Crippen molar-refractivity contribution in [3.05, 3.63) is 70.4 Å². The van der Waals surface area contributed by atoms with Gasteiger partial charge in [-0.3, -0.25) is 9.59 Å². The average molecular weight is 293 g/mol. The number of pyridine rings is 1. The third kappa shape index (κ3) is 2.63. The van der Waals surface area contributed by atoms with E-state index in [0.29, 0.717) is 10.9 Å². The van der Waals surface area contributed by atoms with Crippen molar-refractivity contribution in [2.45, 2.75) is 6.42 Å². The highest BCUT2D eigenvalue weighted by Crippen LogP contribution is 2.20. The van der Waals surface area contributed by atoms with Crippen molar-refractivity contribution < 1.29 is 9.53 Å². The van der Waals surface area contributed by atoms with Crippen molar-refractivity contribution in [1.29, 1.82) is 0 Å². The number of aromatic nitrogens is 1. The number of para-hydroxylation sites is 1. The summed E-state index contributed by atoms with van der Waals surface area (Å²) in [5.74, 6) is -0.335. The molecule has 0 atom stereocenters. The van der Waals surface area contributed by atoms with Gasteiger partial charge in [0.1, 0.15) is 0 Å². The molecule has 0 amide bonds. The largest absolute Gasteiger partial charge is 0.469 e. The maximum absolute atomic E-state index is 12.3. The van der Waals surface area contributed by atoms with Crippen LogP contribution in [0.3, 0.4) is 0 Å². The SMILES string of the molecule is COC(=O)Cc1cccc2c(=O)cc(-c3ccccc3)[nH]c12. The second-order valence-electron chi connectivity index (χ2n) is 5.01. The molecule has 0 spiro atoms. The second-order valence-corrected chi connectivity index (χ2v) is 5.01. The summed E-state index contributed by atoms with van der Waals surface area (Å²) >= 11 is 0. The van der Waals surface area contributed by atoms with Gasteiger partial charge in [0.2, 0.25) is 0 Å². The predicted molar refractivity (Wildman–Crippen MR) is 85.7 cm³/mol. The number of ether oxygens (including phenoxy) is 1. The zero-order valence-corrected chi connectivity index (χ0v) is 12.1. The van der Waals surface area contributed by atoms with Gasteiger partial charge in [0, 0.05) is 17.1 Å². The van der Waals surface area contributed by atoms with Crippen LogP contribution in [-0.4, -0.2) is 18.1 Å². The number of carbonyl (C=O) groups excluding carboxylic acids is 1. The standard InChI is InChI=1S/C18H15NO3/c1-22-17(21)10-13-8-5-9-14-16(20)11-15(19-18(13)14)12-6-3-2-4-7-12/h2-9,11H,10H2,1H3,(H,19,20). The highest BCUT2D eigenvalue weighted by atomic mass is 16.5. The monoisotopic (exact) mass is 293 g/mol. The van der Waals surface area contributed by atoms with E-state index in [2.05, 4.69) is 4.98 Å². The molecule has 1 N–H and O–H groups in total. The minimum Gasteiger partial charge on any atom is -0.469 e. The number of H-pyrrole nitrogens is 1. The lowest BCUT2D eigenvalue weighted by Gasteiger charge is -2.08. The first kappa shape index (κ1) is 14.1. The molecule has 0 bridgehead atoms. The van der Waals surface area contributed by atoms with Crippen LogP contribution in [0.4, 0.5) is 0 Å². The van der Waals surface area contributed by atoms with Crippen molar-refractivity contribution in [1.82, 2.24) is 4.98 Å². The van der Waals surface area contributed by atoms with Gasteiger partial charge in [0.25, 0.3) is 0 Å². The fourth-order valence-electron chi connectivity index (χ4n) is 2.48. The maximum atomic E-state index is 12.3. The van der Waals surface area contributed by atoms with Gasteiger partial charge < -0.3 is 9.72 Å². The molecule has 22 heavy (non-hydrogen) atoms. The smallest absolute Gasteiger partial charge is 0.310 e. The molecule has 0 saturated heterocycles. The molecule has 0 saturated carbocycles. The number of benzene rings is 2. The summed E-state index contributed by atoms with van der Waals surface area (Å²) in [5.41, 5.74) is 3.02. The summed E-state index contributed by atoms with van der Waals surface area (Å²) in [6.07, 6.45) is 0.127. The van der Waals surface area contributed by atoms with Crippen molar-refractivity contribution >= 4 is 16.9 Å². The van der Waals surface area contributed by atoms with Crippen LogP contribution in [0, 0.1) is 0 Å². The van der Waals surface area contributed by atoms with E-state index in [0.717, 1.165) is 16.8 Å². The van der Waals surface area contributed by atoms with Gasteiger partial charge >= 0.3 is 5.97 Å². The number of rotatable bonds is 3. The third-order valence-electron chi connectivity index (χ3n) is 3.60. The minimum atomic E-state index is -0.335. The third-order valence-corrected chi connectivity index (χ3v) is 3.60. The van der Waals surface area contributed by atoms with Crippen molar-refractivity contribution in [3.63, 3.8) is 0 Å². The summed E-state index contributed by atoms with van der Waals surface area (Å²) in [6.45, 7) is 0. The average Bonchev–Trinajstić information content (AvgIpc) is 2.56. The zero-order valence-electron chi connectivity index (χ0n) is 12.1. The maximum Gasteiger partial charge on any atom is 0.310 e. The van der Waals surface area contributed by atoms with Gasteiger partial charge in [-0.2, -0.15) is 0 Å². The number of carbonyl (C=O) groups is 1. The second kappa shape index (κ2) is 5.85. The Kier molecular flexibility index (Phi) is 3.74. The highest BCUT2D eigenvalue weighted by Gasteiger charge is 2.10. The van der Waals surface area contributed by atoms with Gasteiger partial charge in [0.15, 0.2) is 5.43 Å². The molecule has 110 valence electrons. The summed E-state index contributed by atoms with van der Waals surface area (Å²) in [5, 5.41) is 0.570. The Bertz CT molecular complexity index is 882. The highest BCUT2D eigenvalue weighted by molar-refractivity contribution is 5.87. The number of esters is 1. The Morgan fingerprint density at radius 2 is 1.86 bits per heavy atom. The Balaban J connectivity index is 2.21. The first-order valence-corrected chi connectivity index (χ1v) is 6.96. The van der Waals surface area contributed by atoms with Crippen LogP contribution >= 0.6 is 0 Å². The molecule has 4 nitrogen and oxygen atoms in total. The molecule has 1 heterocycles. The van der Waals surface area contributed by atoms with E-state index < -0.39 is 0 Å². The Hall–Kier alpha value is -2.88. The van der Waals surface area contributed by atoms with E-state index in [9.17, 15) is 9.59 Å². The summed E-state index contributed by atoms with van der Waals surface area (Å²) in [6, 6.07) is 16.5. The predicted octanol–water partition coefficient (Wildman–Crippen LogP) is 2.91. The summed E-state index contributed by atoms with van der Waals surface area (Å²) in [4.78, 5) is 27.2. The molecular weight excluding hydrogens is 278 g/mol. The molecule has 4 heteroatoms. The number of methoxy groups -OCH3 is 1. The number of aromatic amines is 1. The van der Waals surface area contributed by atoms with Gasteiger partial charge in [-0.1, -0.05) is 42.5 Å². The fraction of sp³-hybridized carbons (Fsp3) is 0.111. The van der Waals surface area contributed by atoms with Crippen molar-refractivity contribution in [2.75, 3.05) is 7.11 Å². The Labute approximate surface area is 127 Å². The van der Waals surface area contributed by atoms with Crippen LogP contribution < -0.4 is 5.43 Å². The van der Waals surface area contributed by atoms with Gasteiger partial charge in [-0.05, 0) is 17.2 Å². The lowest BCUT2D eigenvalue weighted by atomic mass is 10.0. The Morgan fingerprint density at radius 1 is 1.09 bits per heavy atom. The molecule has 0 aliphatic rings. The van der Waals surface area contributed by atoms with E-state index in [1.54, 1.807) is 18.2 Å². The normalized spacial score (nSPS) is 10.6.